The second-order valence-electron chi connectivity index (χ2n) is 7.66. The highest BCUT2D eigenvalue weighted by molar-refractivity contribution is 6.01. The maximum atomic E-state index is 12.0. The van der Waals surface area contributed by atoms with Crippen molar-refractivity contribution in [3.05, 3.63) is 113 Å². The van der Waals surface area contributed by atoms with Gasteiger partial charge in [-0.05, 0) is 43.7 Å². The van der Waals surface area contributed by atoms with Crippen molar-refractivity contribution >= 4 is 11.7 Å². The zero-order valence-electron chi connectivity index (χ0n) is 19.0. The standard InChI is InChI=1S/C28H26N2O3/c1-20(29-33-19-23-14-10-11-17-25(23)28(31)32-3)26-18-27(22-12-6-4-7-13-22)30(21(26)2)24-15-8-5-9-16-24/h4-18H,19H2,1-3H3/b29-20-. The first-order valence-electron chi connectivity index (χ1n) is 10.8. The van der Waals surface area contributed by atoms with Crippen LogP contribution in [0.3, 0.4) is 0 Å². The Hall–Kier alpha value is -4.12. The van der Waals surface area contributed by atoms with Crippen molar-refractivity contribution in [3.8, 4) is 16.9 Å². The molecule has 33 heavy (non-hydrogen) atoms. The number of oxime groups is 1. The Morgan fingerprint density at radius 1 is 0.879 bits per heavy atom. The van der Waals surface area contributed by atoms with Gasteiger partial charge in [0, 0.05) is 22.5 Å². The van der Waals surface area contributed by atoms with E-state index in [1.165, 1.54) is 7.11 Å². The lowest BCUT2D eigenvalue weighted by atomic mass is 10.1. The molecule has 4 rings (SSSR count). The smallest absolute Gasteiger partial charge is 0.338 e. The Morgan fingerprint density at radius 3 is 2.21 bits per heavy atom. The van der Waals surface area contributed by atoms with E-state index in [1.807, 2.05) is 55.5 Å². The molecule has 0 bridgehead atoms. The van der Waals surface area contributed by atoms with Gasteiger partial charge in [-0.3, -0.25) is 0 Å². The third-order valence-electron chi connectivity index (χ3n) is 5.57. The predicted molar refractivity (Wildman–Crippen MR) is 131 cm³/mol. The summed E-state index contributed by atoms with van der Waals surface area (Å²) in [5.74, 6) is -0.391. The number of hydrogen-bond donors (Lipinski definition) is 0. The van der Waals surface area contributed by atoms with Crippen LogP contribution in [0.4, 0.5) is 0 Å². The van der Waals surface area contributed by atoms with Gasteiger partial charge in [0.25, 0.3) is 0 Å². The van der Waals surface area contributed by atoms with Crippen LogP contribution in [0.5, 0.6) is 0 Å². The summed E-state index contributed by atoms with van der Waals surface area (Å²) >= 11 is 0. The third-order valence-corrected chi connectivity index (χ3v) is 5.57. The summed E-state index contributed by atoms with van der Waals surface area (Å²) in [5, 5.41) is 4.37. The van der Waals surface area contributed by atoms with Gasteiger partial charge < -0.3 is 14.1 Å². The fourth-order valence-electron chi connectivity index (χ4n) is 3.91. The summed E-state index contributed by atoms with van der Waals surface area (Å²) in [7, 11) is 1.37. The molecule has 5 nitrogen and oxygen atoms in total. The SMILES string of the molecule is COC(=O)c1ccccc1CO/N=C(/C)c1cc(-c2ccccc2)n(-c2ccccc2)c1C. The Balaban J connectivity index is 1.66. The second kappa shape index (κ2) is 10.0. The molecule has 0 N–H and O–H groups in total. The minimum atomic E-state index is -0.391. The average Bonchev–Trinajstić information content (AvgIpc) is 3.22. The molecule has 5 heteroatoms. The lowest BCUT2D eigenvalue weighted by molar-refractivity contribution is 0.0593. The van der Waals surface area contributed by atoms with Crippen LogP contribution in [0.1, 0.15) is 34.1 Å². The molecule has 0 radical (unpaired) electrons. The number of aromatic nitrogens is 1. The number of carbonyl (C=O) groups excluding carboxylic acids is 1. The van der Waals surface area contributed by atoms with E-state index < -0.39 is 5.97 Å². The van der Waals surface area contributed by atoms with Crippen molar-refractivity contribution in [1.29, 1.82) is 0 Å². The summed E-state index contributed by atoms with van der Waals surface area (Å²) < 4.78 is 7.09. The largest absolute Gasteiger partial charge is 0.465 e. The Morgan fingerprint density at radius 2 is 1.52 bits per heavy atom. The molecule has 0 fully saturated rings. The van der Waals surface area contributed by atoms with Crippen LogP contribution in [-0.4, -0.2) is 23.4 Å². The van der Waals surface area contributed by atoms with Gasteiger partial charge in [-0.25, -0.2) is 4.79 Å². The van der Waals surface area contributed by atoms with Crippen molar-refractivity contribution in [1.82, 2.24) is 4.57 Å². The van der Waals surface area contributed by atoms with Crippen LogP contribution in [0.25, 0.3) is 16.9 Å². The van der Waals surface area contributed by atoms with Gasteiger partial charge in [-0.15, -0.1) is 0 Å². The molecule has 0 spiro atoms. The molecule has 166 valence electrons. The first-order valence-corrected chi connectivity index (χ1v) is 10.8. The van der Waals surface area contributed by atoms with Gasteiger partial charge >= 0.3 is 5.97 Å². The summed E-state index contributed by atoms with van der Waals surface area (Å²) in [6.07, 6.45) is 0. The zero-order chi connectivity index (χ0) is 23.2. The number of benzene rings is 3. The predicted octanol–water partition coefficient (Wildman–Crippen LogP) is 6.18. The van der Waals surface area contributed by atoms with Gasteiger partial charge in [0.1, 0.15) is 6.61 Å². The molecule has 0 aliphatic carbocycles. The monoisotopic (exact) mass is 438 g/mol. The van der Waals surface area contributed by atoms with E-state index in [-0.39, 0.29) is 6.61 Å². The van der Waals surface area contributed by atoms with Crippen molar-refractivity contribution in [2.45, 2.75) is 20.5 Å². The lowest BCUT2D eigenvalue weighted by Gasteiger charge is -2.12. The molecule has 0 saturated heterocycles. The van der Waals surface area contributed by atoms with Crippen molar-refractivity contribution in [2.75, 3.05) is 7.11 Å². The zero-order valence-corrected chi connectivity index (χ0v) is 19.0. The average molecular weight is 439 g/mol. The van der Waals surface area contributed by atoms with E-state index >= 15 is 0 Å². The summed E-state index contributed by atoms with van der Waals surface area (Å²) in [6.45, 7) is 4.19. The number of para-hydroxylation sites is 1. The molecular formula is C28H26N2O3. The summed E-state index contributed by atoms with van der Waals surface area (Å²) in [4.78, 5) is 17.6. The topological polar surface area (TPSA) is 52.8 Å². The van der Waals surface area contributed by atoms with Crippen LogP contribution in [0.15, 0.2) is 96.2 Å². The number of carbonyl (C=O) groups is 1. The van der Waals surface area contributed by atoms with E-state index in [4.69, 9.17) is 9.57 Å². The van der Waals surface area contributed by atoms with Crippen molar-refractivity contribution < 1.29 is 14.4 Å². The molecule has 3 aromatic carbocycles. The minimum absolute atomic E-state index is 0.173. The van der Waals surface area contributed by atoms with E-state index in [0.29, 0.717) is 5.56 Å². The van der Waals surface area contributed by atoms with Crippen LogP contribution in [-0.2, 0) is 16.2 Å². The Labute approximate surface area is 193 Å². The highest BCUT2D eigenvalue weighted by Gasteiger charge is 2.17. The van der Waals surface area contributed by atoms with Gasteiger partial charge in [0.05, 0.1) is 24.1 Å². The molecule has 0 saturated carbocycles. The lowest BCUT2D eigenvalue weighted by Crippen LogP contribution is -2.06. The number of ether oxygens (including phenoxy) is 1. The van der Waals surface area contributed by atoms with E-state index in [1.54, 1.807) is 12.1 Å². The Bertz CT molecular complexity index is 1280. The van der Waals surface area contributed by atoms with Gasteiger partial charge in [0.2, 0.25) is 0 Å². The Kier molecular flexibility index (Phi) is 6.69. The minimum Gasteiger partial charge on any atom is -0.465 e. The highest BCUT2D eigenvalue weighted by atomic mass is 16.6. The van der Waals surface area contributed by atoms with Crippen molar-refractivity contribution in [2.24, 2.45) is 5.16 Å². The van der Waals surface area contributed by atoms with Gasteiger partial charge in [0.15, 0.2) is 0 Å². The fraction of sp³-hybridized carbons (Fsp3) is 0.143. The first kappa shape index (κ1) is 22.1. The quantitative estimate of drug-likeness (QED) is 0.197. The summed E-state index contributed by atoms with van der Waals surface area (Å²) in [5.41, 5.74) is 7.32. The molecule has 0 aliphatic heterocycles. The molecule has 1 heterocycles. The normalized spacial score (nSPS) is 11.3. The van der Waals surface area contributed by atoms with Crippen LogP contribution >= 0.6 is 0 Å². The maximum absolute atomic E-state index is 12.0. The fourth-order valence-corrected chi connectivity index (χ4v) is 3.91. The molecular weight excluding hydrogens is 412 g/mol. The highest BCUT2D eigenvalue weighted by Crippen LogP contribution is 2.30. The summed E-state index contributed by atoms with van der Waals surface area (Å²) in [6, 6.07) is 29.9. The van der Waals surface area contributed by atoms with E-state index in [0.717, 1.165) is 39.5 Å². The number of nitrogens with zero attached hydrogens (tertiary/aromatic N) is 2. The number of esters is 1. The van der Waals surface area contributed by atoms with Crippen LogP contribution in [0.2, 0.25) is 0 Å². The molecule has 0 unspecified atom stereocenters. The number of methoxy groups -OCH3 is 1. The number of rotatable bonds is 7. The van der Waals surface area contributed by atoms with Crippen LogP contribution in [0, 0.1) is 6.92 Å². The van der Waals surface area contributed by atoms with E-state index in [9.17, 15) is 4.79 Å². The van der Waals surface area contributed by atoms with E-state index in [2.05, 4.69) is 47.0 Å². The van der Waals surface area contributed by atoms with Crippen molar-refractivity contribution in [3.63, 3.8) is 0 Å². The van der Waals surface area contributed by atoms with Crippen LogP contribution < -0.4 is 0 Å². The van der Waals surface area contributed by atoms with Gasteiger partial charge in [-0.2, -0.15) is 0 Å². The molecule has 1 aromatic heterocycles. The second-order valence-corrected chi connectivity index (χ2v) is 7.66. The number of hydrogen-bond acceptors (Lipinski definition) is 4. The third kappa shape index (κ3) is 4.72. The maximum Gasteiger partial charge on any atom is 0.338 e. The molecule has 0 atom stereocenters. The first-order chi connectivity index (χ1) is 16.1. The molecule has 0 aliphatic rings. The molecule has 4 aromatic rings. The van der Waals surface area contributed by atoms with Gasteiger partial charge in [-0.1, -0.05) is 71.9 Å². The molecule has 0 amide bonds.